The maximum absolute atomic E-state index is 10.3. The van der Waals surface area contributed by atoms with Gasteiger partial charge in [0.15, 0.2) is 0 Å². The van der Waals surface area contributed by atoms with Crippen LogP contribution in [0.2, 0.25) is 0 Å². The van der Waals surface area contributed by atoms with Crippen molar-refractivity contribution in [2.75, 3.05) is 0 Å². The number of aliphatic carboxylic acids is 1. The first-order valence-electron chi connectivity index (χ1n) is 8.52. The Kier molecular flexibility index (Phi) is 15.8. The first-order valence-corrected chi connectivity index (χ1v) is 8.52. The molecule has 2 N–H and O–H groups in total. The molecule has 0 bridgehead atoms. The van der Waals surface area contributed by atoms with Gasteiger partial charge in [0, 0.05) is 12.8 Å². The predicted molar refractivity (Wildman–Crippen MR) is 98.6 cm³/mol. The number of carboxylic acid groups (broad SMARTS) is 1. The van der Waals surface area contributed by atoms with Gasteiger partial charge in [-0.3, -0.25) is 4.79 Å². The molecule has 0 aromatic carbocycles. The highest BCUT2D eigenvalue weighted by Crippen LogP contribution is 2.06. The van der Waals surface area contributed by atoms with Gasteiger partial charge >= 0.3 is 5.97 Å². The predicted octanol–water partition coefficient (Wildman–Crippen LogP) is 5.81. The Bertz CT molecular complexity index is 456. The van der Waals surface area contributed by atoms with Crippen LogP contribution in [-0.2, 0) is 9.68 Å². The van der Waals surface area contributed by atoms with Crippen molar-refractivity contribution in [3.63, 3.8) is 0 Å². The Morgan fingerprint density at radius 1 is 0.917 bits per heavy atom. The molecule has 0 atom stereocenters. The third-order valence-electron chi connectivity index (χ3n) is 3.13. The molecule has 0 unspecified atom stereocenters. The molecule has 0 rings (SSSR count). The number of carbonyl (C=O) groups is 1. The van der Waals surface area contributed by atoms with Gasteiger partial charge < -0.3 is 9.99 Å². The molecule has 0 aliphatic carbocycles. The van der Waals surface area contributed by atoms with E-state index in [0.29, 0.717) is 25.0 Å². The average Bonchev–Trinajstić information content (AvgIpc) is 2.57. The molecule has 0 aromatic heterocycles. The summed E-state index contributed by atoms with van der Waals surface area (Å²) in [4.78, 5) is 14.7. The van der Waals surface area contributed by atoms with Crippen molar-refractivity contribution >= 4 is 5.97 Å². The molecule has 0 saturated heterocycles. The molecule has 0 fully saturated rings. The summed E-state index contributed by atoms with van der Waals surface area (Å²) in [6.07, 6.45) is 23.9. The quantitative estimate of drug-likeness (QED) is 0.138. The van der Waals surface area contributed by atoms with Crippen LogP contribution in [0.5, 0.6) is 0 Å². The fraction of sp³-hybridized carbons (Fsp3) is 0.450. The van der Waals surface area contributed by atoms with Crippen LogP contribution in [0.15, 0.2) is 60.4 Å². The molecular formula is C20H30O4. The van der Waals surface area contributed by atoms with Crippen molar-refractivity contribution in [1.29, 1.82) is 0 Å². The second-order valence-electron chi connectivity index (χ2n) is 5.25. The number of hydrogen-bond donors (Lipinski definition) is 2. The number of unbranched alkanes of at least 4 members (excludes halogenated alkanes) is 1. The zero-order valence-corrected chi connectivity index (χ0v) is 14.6. The summed E-state index contributed by atoms with van der Waals surface area (Å²) in [6, 6.07) is 0. The van der Waals surface area contributed by atoms with E-state index >= 15 is 0 Å². The Labute approximate surface area is 145 Å². The summed E-state index contributed by atoms with van der Waals surface area (Å²) < 4.78 is 0. The largest absolute Gasteiger partial charge is 0.481 e. The highest BCUT2D eigenvalue weighted by molar-refractivity contribution is 5.66. The second kappa shape index (κ2) is 17.3. The molecule has 0 spiro atoms. The third kappa shape index (κ3) is 16.3. The first-order chi connectivity index (χ1) is 11.7. The van der Waals surface area contributed by atoms with Crippen LogP contribution < -0.4 is 0 Å². The van der Waals surface area contributed by atoms with E-state index in [1.54, 1.807) is 0 Å². The molecule has 0 radical (unpaired) electrons. The summed E-state index contributed by atoms with van der Waals surface area (Å²) in [5, 5.41) is 17.3. The lowest BCUT2D eigenvalue weighted by Crippen LogP contribution is -1.92. The van der Waals surface area contributed by atoms with Crippen molar-refractivity contribution in [1.82, 2.24) is 0 Å². The topological polar surface area (TPSA) is 66.8 Å². The van der Waals surface area contributed by atoms with Gasteiger partial charge in [-0.15, -0.1) is 0 Å². The van der Waals surface area contributed by atoms with E-state index in [2.05, 4.69) is 24.0 Å². The fourth-order valence-electron chi connectivity index (χ4n) is 1.85. The first kappa shape index (κ1) is 21.9. The number of hydrogen-bond acceptors (Lipinski definition) is 3. The molecule has 0 aliphatic rings. The van der Waals surface area contributed by atoms with Gasteiger partial charge in [-0.2, -0.15) is 0 Å². The Morgan fingerprint density at radius 2 is 1.54 bits per heavy atom. The molecule has 0 amide bonds. The van der Waals surface area contributed by atoms with Crippen molar-refractivity contribution in [3.8, 4) is 0 Å². The van der Waals surface area contributed by atoms with E-state index in [4.69, 9.17) is 10.4 Å². The molecular weight excluding hydrogens is 304 g/mol. The van der Waals surface area contributed by atoms with Crippen LogP contribution in [-0.4, -0.2) is 16.3 Å². The second-order valence-corrected chi connectivity index (χ2v) is 5.25. The lowest BCUT2D eigenvalue weighted by atomic mass is 10.2. The van der Waals surface area contributed by atoms with Gasteiger partial charge in [0.1, 0.15) is 5.76 Å². The zero-order chi connectivity index (χ0) is 17.9. The zero-order valence-electron chi connectivity index (χ0n) is 14.6. The number of allylic oxidation sites excluding steroid dienone is 9. The van der Waals surface area contributed by atoms with Gasteiger partial charge in [-0.25, -0.2) is 5.26 Å². The summed E-state index contributed by atoms with van der Waals surface area (Å²) in [6.45, 7) is 2.10. The van der Waals surface area contributed by atoms with E-state index < -0.39 is 5.97 Å². The van der Waals surface area contributed by atoms with Crippen LogP contribution in [0.1, 0.15) is 58.3 Å². The number of rotatable bonds is 14. The molecule has 0 aromatic rings. The molecule has 0 saturated carbocycles. The highest BCUT2D eigenvalue weighted by atomic mass is 17.1. The SMILES string of the molecule is CCC=CCC=CCC(=CCC=CCC=CCCCC(=O)O)OO. The lowest BCUT2D eigenvalue weighted by Gasteiger charge is -1.98. The standard InChI is InChI=1S/C20H30O4/c1-2-3-4-5-10-13-16-19(24-23)17-14-11-8-6-7-9-12-15-18-20(21)22/h3-4,7-11,13,17,23H,2,5-6,12,14-16,18H2,1H3,(H,21,22). The summed E-state index contributed by atoms with van der Waals surface area (Å²) in [5.41, 5.74) is 0. The lowest BCUT2D eigenvalue weighted by molar-refractivity contribution is -0.204. The molecule has 4 heteroatoms. The average molecular weight is 334 g/mol. The maximum Gasteiger partial charge on any atom is 0.303 e. The van der Waals surface area contributed by atoms with E-state index in [9.17, 15) is 4.79 Å². The van der Waals surface area contributed by atoms with Crippen LogP contribution in [0.3, 0.4) is 0 Å². The smallest absolute Gasteiger partial charge is 0.303 e. The Morgan fingerprint density at radius 3 is 2.21 bits per heavy atom. The van der Waals surface area contributed by atoms with Crippen molar-refractivity contribution < 1.29 is 20.0 Å². The van der Waals surface area contributed by atoms with Crippen LogP contribution in [0, 0.1) is 0 Å². The van der Waals surface area contributed by atoms with Crippen molar-refractivity contribution in [3.05, 3.63) is 60.4 Å². The minimum Gasteiger partial charge on any atom is -0.481 e. The monoisotopic (exact) mass is 334 g/mol. The summed E-state index contributed by atoms with van der Waals surface area (Å²) >= 11 is 0. The van der Waals surface area contributed by atoms with E-state index in [1.165, 1.54) is 0 Å². The fourth-order valence-corrected chi connectivity index (χ4v) is 1.85. The van der Waals surface area contributed by atoms with Crippen molar-refractivity contribution in [2.45, 2.75) is 58.3 Å². The van der Waals surface area contributed by atoms with Crippen LogP contribution in [0.25, 0.3) is 0 Å². The van der Waals surface area contributed by atoms with Crippen LogP contribution in [0.4, 0.5) is 0 Å². The maximum atomic E-state index is 10.3. The van der Waals surface area contributed by atoms with Gasteiger partial charge in [0.25, 0.3) is 0 Å². The van der Waals surface area contributed by atoms with Gasteiger partial charge in [-0.1, -0.05) is 55.5 Å². The van der Waals surface area contributed by atoms with Crippen LogP contribution >= 0.6 is 0 Å². The van der Waals surface area contributed by atoms with E-state index in [0.717, 1.165) is 25.7 Å². The Balaban J connectivity index is 3.85. The molecule has 4 nitrogen and oxygen atoms in total. The van der Waals surface area contributed by atoms with E-state index in [-0.39, 0.29) is 6.42 Å². The summed E-state index contributed by atoms with van der Waals surface area (Å²) in [5.74, 6) is -0.205. The molecule has 24 heavy (non-hydrogen) atoms. The minimum absolute atomic E-state index is 0.220. The highest BCUT2D eigenvalue weighted by Gasteiger charge is 1.93. The van der Waals surface area contributed by atoms with Gasteiger partial charge in [0.05, 0.1) is 0 Å². The Hall–Kier alpha value is -2.07. The van der Waals surface area contributed by atoms with Gasteiger partial charge in [0.2, 0.25) is 0 Å². The van der Waals surface area contributed by atoms with Crippen molar-refractivity contribution in [2.24, 2.45) is 0 Å². The molecule has 0 aliphatic heterocycles. The normalized spacial score (nSPS) is 13.0. The summed E-state index contributed by atoms with van der Waals surface area (Å²) in [7, 11) is 0. The number of carboxylic acids is 1. The molecule has 0 heterocycles. The molecule has 134 valence electrons. The van der Waals surface area contributed by atoms with E-state index in [1.807, 2.05) is 42.5 Å². The minimum atomic E-state index is -0.746. The third-order valence-corrected chi connectivity index (χ3v) is 3.13. The van der Waals surface area contributed by atoms with Gasteiger partial charge in [-0.05, 0) is 44.6 Å².